The van der Waals surface area contributed by atoms with Crippen molar-refractivity contribution in [3.05, 3.63) is 187 Å². The molecule has 0 saturated heterocycles. The Morgan fingerprint density at radius 2 is 1.12 bits per heavy atom. The molecule has 3 bridgehead atoms. The van der Waals surface area contributed by atoms with Gasteiger partial charge in [0.2, 0.25) is 0 Å². The topological polar surface area (TPSA) is 3.24 Å². The monoisotopic (exact) mass is 759 g/mol. The summed E-state index contributed by atoms with van der Waals surface area (Å²) in [7, 11) is 0. The van der Waals surface area contributed by atoms with E-state index in [2.05, 4.69) is 189 Å². The molecular formula is C58H49N. The summed E-state index contributed by atoms with van der Waals surface area (Å²) in [6.45, 7) is 4.85. The number of hydrogen-bond acceptors (Lipinski definition) is 1. The Morgan fingerprint density at radius 1 is 0.475 bits per heavy atom. The molecule has 5 aliphatic rings. The second kappa shape index (κ2) is 12.1. The van der Waals surface area contributed by atoms with Crippen LogP contribution < -0.4 is 4.90 Å². The van der Waals surface area contributed by atoms with Gasteiger partial charge in [0.05, 0.1) is 5.69 Å². The SMILES string of the molecule is CC1(C)c2cc(-c3ccc(C45CC6CC7CC(C4)C7(C6)C5)cc3)ccc2-c2ccc(N(c3ccc(-c4cccc5ccccc45)cc3)c3cccc4ccccc34)cc21. The molecule has 0 aliphatic heterocycles. The minimum absolute atomic E-state index is 0.154. The lowest BCUT2D eigenvalue weighted by atomic mass is 9.55. The molecule has 0 amide bonds. The van der Waals surface area contributed by atoms with Gasteiger partial charge >= 0.3 is 0 Å². The molecule has 1 spiro atoms. The number of fused-ring (bicyclic) bond motifs is 7. The predicted octanol–water partition coefficient (Wildman–Crippen LogP) is 15.6. The van der Waals surface area contributed by atoms with Crippen molar-refractivity contribution in [1.82, 2.24) is 0 Å². The maximum atomic E-state index is 2.52. The lowest BCUT2D eigenvalue weighted by Gasteiger charge is -2.49. The Hall–Kier alpha value is -5.92. The number of benzene rings is 8. The molecule has 8 aromatic carbocycles. The average Bonchev–Trinajstić information content (AvgIpc) is 3.72. The van der Waals surface area contributed by atoms with E-state index in [4.69, 9.17) is 0 Å². The third-order valence-corrected chi connectivity index (χ3v) is 16.4. The van der Waals surface area contributed by atoms with Crippen LogP contribution in [0.4, 0.5) is 17.1 Å². The van der Waals surface area contributed by atoms with Crippen LogP contribution in [-0.2, 0) is 10.8 Å². The summed E-state index contributed by atoms with van der Waals surface area (Å²) in [5, 5.41) is 5.03. The van der Waals surface area contributed by atoms with Gasteiger partial charge in [0.1, 0.15) is 0 Å². The average molecular weight is 760 g/mol. The van der Waals surface area contributed by atoms with Crippen molar-refractivity contribution in [2.45, 2.75) is 63.2 Å². The second-order valence-corrected chi connectivity index (χ2v) is 19.6. The summed E-state index contributed by atoms with van der Waals surface area (Å²) in [5.41, 5.74) is 16.8. The Kier molecular flexibility index (Phi) is 6.96. The standard InChI is InChI=1S/C58H49N/c1-56(2)53-30-42(38-17-22-43(23-18-38)57-33-37-29-44-31-45(35-57)58(44,34-37)36-57)21-27-51(53)52-28-26-47(32-54(52)56)59(55-16-8-12-40-10-4-6-14-50(40)55)46-24-19-41(20-25-46)49-15-7-11-39-9-3-5-13-48(39)49/h3-28,30,32,37,44-45H,29,31,33-36H2,1-2H3. The highest BCUT2D eigenvalue weighted by Gasteiger charge is 2.70. The summed E-state index contributed by atoms with van der Waals surface area (Å²) in [4.78, 5) is 2.47. The van der Waals surface area contributed by atoms with Crippen LogP contribution in [0.15, 0.2) is 170 Å². The van der Waals surface area contributed by atoms with Crippen LogP contribution in [0.3, 0.4) is 0 Å². The highest BCUT2D eigenvalue weighted by Crippen LogP contribution is 2.79. The molecule has 0 aromatic heterocycles. The van der Waals surface area contributed by atoms with Crippen molar-refractivity contribution in [3.63, 3.8) is 0 Å². The lowest BCUT2D eigenvalue weighted by molar-refractivity contribution is -0.000160. The fraction of sp³-hybridized carbons (Fsp3) is 0.241. The van der Waals surface area contributed by atoms with Gasteiger partial charge in [-0.3, -0.25) is 0 Å². The molecule has 5 aliphatic carbocycles. The van der Waals surface area contributed by atoms with Gasteiger partial charge in [-0.25, -0.2) is 0 Å². The third-order valence-electron chi connectivity index (χ3n) is 16.4. The van der Waals surface area contributed by atoms with Crippen LogP contribution in [0.5, 0.6) is 0 Å². The van der Waals surface area contributed by atoms with E-state index in [1.54, 1.807) is 5.56 Å². The van der Waals surface area contributed by atoms with Gasteiger partial charge in [0, 0.05) is 22.2 Å². The molecule has 13 rings (SSSR count). The van der Waals surface area contributed by atoms with Gasteiger partial charge in [-0.15, -0.1) is 0 Å². The number of rotatable bonds is 6. The fourth-order valence-corrected chi connectivity index (χ4v) is 13.9. The minimum Gasteiger partial charge on any atom is -0.310 e. The van der Waals surface area contributed by atoms with Gasteiger partial charge in [-0.2, -0.15) is 0 Å². The zero-order valence-electron chi connectivity index (χ0n) is 34.1. The van der Waals surface area contributed by atoms with E-state index in [-0.39, 0.29) is 5.41 Å². The van der Waals surface area contributed by atoms with Crippen molar-refractivity contribution in [3.8, 4) is 33.4 Å². The van der Waals surface area contributed by atoms with E-state index in [0.29, 0.717) is 5.41 Å². The normalized spacial score (nSPS) is 25.2. The first-order chi connectivity index (χ1) is 28.9. The molecular weight excluding hydrogens is 711 g/mol. The van der Waals surface area contributed by atoms with Gasteiger partial charge in [0.25, 0.3) is 0 Å². The first-order valence-electron chi connectivity index (χ1n) is 22.1. The molecule has 59 heavy (non-hydrogen) atoms. The first kappa shape index (κ1) is 34.0. The zero-order valence-corrected chi connectivity index (χ0v) is 34.1. The lowest BCUT2D eigenvalue weighted by Crippen LogP contribution is -2.42. The largest absolute Gasteiger partial charge is 0.310 e. The molecule has 5 unspecified atom stereocenters. The van der Waals surface area contributed by atoms with Crippen LogP contribution in [0.2, 0.25) is 0 Å². The van der Waals surface area contributed by atoms with Crippen molar-refractivity contribution in [2.75, 3.05) is 4.90 Å². The predicted molar refractivity (Wildman–Crippen MR) is 247 cm³/mol. The summed E-state index contributed by atoms with van der Waals surface area (Å²) in [6, 6.07) is 64.3. The van der Waals surface area contributed by atoms with Gasteiger partial charge < -0.3 is 4.90 Å². The zero-order chi connectivity index (χ0) is 39.1. The summed E-state index contributed by atoms with van der Waals surface area (Å²) in [5.74, 6) is 3.02. The minimum atomic E-state index is -0.154. The summed E-state index contributed by atoms with van der Waals surface area (Å²) < 4.78 is 0. The number of anilines is 3. The Morgan fingerprint density at radius 3 is 1.93 bits per heavy atom. The van der Waals surface area contributed by atoms with Gasteiger partial charge in [-0.05, 0) is 170 Å². The van der Waals surface area contributed by atoms with E-state index in [1.165, 1.54) is 116 Å². The summed E-state index contributed by atoms with van der Waals surface area (Å²) >= 11 is 0. The molecule has 4 fully saturated rings. The van der Waals surface area contributed by atoms with Crippen LogP contribution in [0.1, 0.15) is 69.1 Å². The molecule has 4 saturated carbocycles. The van der Waals surface area contributed by atoms with Crippen LogP contribution >= 0.6 is 0 Å². The van der Waals surface area contributed by atoms with E-state index in [1.807, 2.05) is 0 Å². The van der Waals surface area contributed by atoms with Crippen LogP contribution in [0.25, 0.3) is 54.9 Å². The van der Waals surface area contributed by atoms with E-state index in [9.17, 15) is 0 Å². The van der Waals surface area contributed by atoms with Crippen molar-refractivity contribution < 1.29 is 0 Å². The maximum absolute atomic E-state index is 2.52. The molecule has 1 heteroatoms. The molecule has 1 nitrogen and oxygen atoms in total. The molecule has 0 N–H and O–H groups in total. The molecule has 0 heterocycles. The first-order valence-corrected chi connectivity index (χ1v) is 22.1. The van der Waals surface area contributed by atoms with Gasteiger partial charge in [0.15, 0.2) is 0 Å². The Labute approximate surface area is 348 Å². The maximum Gasteiger partial charge on any atom is 0.0540 e. The second-order valence-electron chi connectivity index (χ2n) is 19.6. The van der Waals surface area contributed by atoms with E-state index >= 15 is 0 Å². The fourth-order valence-electron chi connectivity index (χ4n) is 13.9. The van der Waals surface area contributed by atoms with Crippen molar-refractivity contribution in [1.29, 1.82) is 0 Å². The van der Waals surface area contributed by atoms with Crippen molar-refractivity contribution in [2.24, 2.45) is 23.2 Å². The smallest absolute Gasteiger partial charge is 0.0540 e. The van der Waals surface area contributed by atoms with Crippen LogP contribution in [-0.4, -0.2) is 0 Å². The molecule has 286 valence electrons. The highest BCUT2D eigenvalue weighted by atomic mass is 15.1. The Balaban J connectivity index is 0.864. The number of hydrogen-bond donors (Lipinski definition) is 0. The number of nitrogens with zero attached hydrogens (tertiary/aromatic N) is 1. The molecule has 5 atom stereocenters. The third kappa shape index (κ3) is 4.79. The summed E-state index contributed by atoms with van der Waals surface area (Å²) in [6.07, 6.45) is 8.92. The Bertz CT molecular complexity index is 2990. The van der Waals surface area contributed by atoms with Crippen LogP contribution in [0, 0.1) is 23.2 Å². The highest BCUT2D eigenvalue weighted by molar-refractivity contribution is 6.00. The quantitative estimate of drug-likeness (QED) is 0.163. The van der Waals surface area contributed by atoms with E-state index < -0.39 is 0 Å². The van der Waals surface area contributed by atoms with Crippen molar-refractivity contribution >= 4 is 38.6 Å². The molecule has 8 aromatic rings. The van der Waals surface area contributed by atoms with E-state index in [0.717, 1.165) is 28.9 Å². The molecule has 0 radical (unpaired) electrons. The van der Waals surface area contributed by atoms with Gasteiger partial charge in [-0.1, -0.05) is 147 Å².